The van der Waals surface area contributed by atoms with Crippen molar-refractivity contribution >= 4 is 6.09 Å². The molecule has 1 aromatic carbocycles. The van der Waals surface area contributed by atoms with Crippen LogP contribution in [-0.4, -0.2) is 47.4 Å². The van der Waals surface area contributed by atoms with Crippen LogP contribution in [0.5, 0.6) is 0 Å². The van der Waals surface area contributed by atoms with E-state index < -0.39 is 6.09 Å². The first kappa shape index (κ1) is 16.8. The van der Waals surface area contributed by atoms with E-state index in [4.69, 9.17) is 4.74 Å². The van der Waals surface area contributed by atoms with E-state index in [1.165, 1.54) is 10.5 Å². The molecule has 1 saturated heterocycles. The summed E-state index contributed by atoms with van der Waals surface area (Å²) in [7, 11) is 0. The molecule has 1 fully saturated rings. The number of rotatable bonds is 6. The number of likely N-dealkylation sites (tertiary alicyclic amines) is 1. The number of nitrogens with zero attached hydrogens (tertiary/aromatic N) is 1. The summed E-state index contributed by atoms with van der Waals surface area (Å²) < 4.78 is 5.90. The van der Waals surface area contributed by atoms with Crippen LogP contribution in [0.1, 0.15) is 32.3 Å². The highest BCUT2D eigenvalue weighted by Gasteiger charge is 2.39. The molecule has 122 valence electrons. The van der Waals surface area contributed by atoms with Crippen LogP contribution >= 0.6 is 0 Å². The van der Waals surface area contributed by atoms with Crippen molar-refractivity contribution in [2.75, 3.05) is 13.2 Å². The first-order chi connectivity index (χ1) is 10.7. The van der Waals surface area contributed by atoms with Gasteiger partial charge in [0.15, 0.2) is 0 Å². The summed E-state index contributed by atoms with van der Waals surface area (Å²) in [5, 5.41) is 12.9. The van der Waals surface area contributed by atoms with E-state index in [-0.39, 0.29) is 18.2 Å². The van der Waals surface area contributed by atoms with Crippen LogP contribution in [0.25, 0.3) is 0 Å². The molecular formula is C17H26N2O3. The highest BCUT2D eigenvalue weighted by atomic mass is 16.5. The Hall–Kier alpha value is -1.59. The molecule has 1 unspecified atom stereocenters. The Labute approximate surface area is 132 Å². The molecule has 1 aliphatic rings. The number of piperidine rings is 1. The van der Waals surface area contributed by atoms with Crippen LogP contribution in [0.4, 0.5) is 4.79 Å². The Morgan fingerprint density at radius 1 is 1.36 bits per heavy atom. The zero-order valence-electron chi connectivity index (χ0n) is 13.4. The third-order valence-electron chi connectivity index (χ3n) is 4.29. The van der Waals surface area contributed by atoms with E-state index in [1.54, 1.807) is 0 Å². The van der Waals surface area contributed by atoms with Gasteiger partial charge in [-0.1, -0.05) is 37.3 Å². The molecule has 0 aliphatic carbocycles. The van der Waals surface area contributed by atoms with E-state index in [0.717, 1.165) is 19.4 Å². The first-order valence-electron chi connectivity index (χ1n) is 8.05. The molecule has 0 aromatic heterocycles. The van der Waals surface area contributed by atoms with Gasteiger partial charge in [-0.05, 0) is 25.3 Å². The van der Waals surface area contributed by atoms with Crippen LogP contribution in [0.15, 0.2) is 30.3 Å². The number of nitrogens with one attached hydrogen (secondary N) is 1. The normalized spacial score (nSPS) is 25.2. The predicted molar refractivity (Wildman–Crippen MR) is 85.9 cm³/mol. The number of benzene rings is 1. The van der Waals surface area contributed by atoms with Gasteiger partial charge in [-0.25, -0.2) is 4.79 Å². The second-order valence-electron chi connectivity index (χ2n) is 5.63. The van der Waals surface area contributed by atoms with Gasteiger partial charge < -0.3 is 20.1 Å². The van der Waals surface area contributed by atoms with Crippen molar-refractivity contribution in [3.63, 3.8) is 0 Å². The molecule has 22 heavy (non-hydrogen) atoms. The van der Waals surface area contributed by atoms with E-state index in [9.17, 15) is 9.90 Å². The predicted octanol–water partition coefficient (Wildman–Crippen LogP) is 2.71. The summed E-state index contributed by atoms with van der Waals surface area (Å²) in [4.78, 5) is 12.9. The Balaban J connectivity index is 2.04. The van der Waals surface area contributed by atoms with Crippen molar-refractivity contribution in [3.8, 4) is 0 Å². The van der Waals surface area contributed by atoms with E-state index in [2.05, 4.69) is 17.4 Å². The average molecular weight is 306 g/mol. The third-order valence-corrected chi connectivity index (χ3v) is 4.29. The van der Waals surface area contributed by atoms with Gasteiger partial charge in [0.05, 0.1) is 12.1 Å². The lowest BCUT2D eigenvalue weighted by Crippen LogP contribution is -2.60. The molecule has 5 nitrogen and oxygen atoms in total. The van der Waals surface area contributed by atoms with Crippen molar-refractivity contribution < 1.29 is 14.6 Å². The first-order valence-corrected chi connectivity index (χ1v) is 8.05. The Kier molecular flexibility index (Phi) is 6.21. The van der Waals surface area contributed by atoms with Gasteiger partial charge in [-0.3, -0.25) is 0 Å². The number of hydrogen-bond donors (Lipinski definition) is 2. The van der Waals surface area contributed by atoms with Gasteiger partial charge in [-0.15, -0.1) is 0 Å². The summed E-state index contributed by atoms with van der Waals surface area (Å²) in [5.74, 6) is 0. The number of hydrogen-bond acceptors (Lipinski definition) is 3. The fraction of sp³-hybridized carbons (Fsp3) is 0.588. The molecule has 1 heterocycles. The maximum atomic E-state index is 11.4. The monoisotopic (exact) mass is 306 g/mol. The fourth-order valence-electron chi connectivity index (χ4n) is 3.23. The minimum absolute atomic E-state index is 0.0838. The van der Waals surface area contributed by atoms with E-state index >= 15 is 0 Å². The van der Waals surface area contributed by atoms with Gasteiger partial charge in [0, 0.05) is 25.7 Å². The lowest BCUT2D eigenvalue weighted by molar-refractivity contribution is -0.0518. The van der Waals surface area contributed by atoms with Gasteiger partial charge in [0.25, 0.3) is 0 Å². The van der Waals surface area contributed by atoms with Crippen LogP contribution in [-0.2, 0) is 11.3 Å². The van der Waals surface area contributed by atoms with E-state index in [0.29, 0.717) is 13.2 Å². The third kappa shape index (κ3) is 3.99. The number of amides is 1. The lowest BCUT2D eigenvalue weighted by Gasteiger charge is -2.44. The molecule has 1 amide bonds. The zero-order valence-corrected chi connectivity index (χ0v) is 13.4. The second-order valence-corrected chi connectivity index (χ2v) is 5.63. The van der Waals surface area contributed by atoms with Gasteiger partial charge in [0.2, 0.25) is 0 Å². The minimum atomic E-state index is -0.849. The van der Waals surface area contributed by atoms with Crippen molar-refractivity contribution in [1.29, 1.82) is 0 Å². The van der Waals surface area contributed by atoms with Crippen molar-refractivity contribution in [2.24, 2.45) is 0 Å². The molecule has 2 rings (SSSR count). The molecule has 0 spiro atoms. The second kappa shape index (κ2) is 8.15. The molecular weight excluding hydrogens is 280 g/mol. The fourth-order valence-corrected chi connectivity index (χ4v) is 3.23. The number of carbonyl (C=O) groups is 1. The summed E-state index contributed by atoms with van der Waals surface area (Å²) in [5.41, 5.74) is 1.23. The molecule has 0 radical (unpaired) electrons. The molecule has 0 saturated carbocycles. The summed E-state index contributed by atoms with van der Waals surface area (Å²) >= 11 is 0. The molecule has 2 N–H and O–H groups in total. The lowest BCUT2D eigenvalue weighted by atomic mass is 9.92. The van der Waals surface area contributed by atoms with Crippen LogP contribution in [0.2, 0.25) is 0 Å². The van der Waals surface area contributed by atoms with Crippen molar-refractivity contribution in [1.82, 2.24) is 10.2 Å². The zero-order chi connectivity index (χ0) is 15.9. The quantitative estimate of drug-likeness (QED) is 0.848. The largest absolute Gasteiger partial charge is 0.465 e. The number of carboxylic acid groups (broad SMARTS) is 1. The topological polar surface area (TPSA) is 61.8 Å². The molecule has 3 atom stereocenters. The SMILES string of the molecule is CCO[C@@H]1C(CC)N(C(=O)O)CC[C@H]1NCc1ccccc1. The summed E-state index contributed by atoms with van der Waals surface area (Å²) in [6, 6.07) is 10.3. The smallest absolute Gasteiger partial charge is 0.407 e. The molecule has 1 aliphatic heterocycles. The van der Waals surface area contributed by atoms with Crippen LogP contribution in [0, 0.1) is 0 Å². The van der Waals surface area contributed by atoms with Crippen molar-refractivity contribution in [2.45, 2.75) is 51.4 Å². The van der Waals surface area contributed by atoms with E-state index in [1.807, 2.05) is 32.0 Å². The maximum absolute atomic E-state index is 11.4. The van der Waals surface area contributed by atoms with Crippen LogP contribution < -0.4 is 5.32 Å². The highest BCUT2D eigenvalue weighted by molar-refractivity contribution is 5.65. The Morgan fingerprint density at radius 2 is 2.09 bits per heavy atom. The minimum Gasteiger partial charge on any atom is -0.465 e. The Bertz CT molecular complexity index is 466. The van der Waals surface area contributed by atoms with Gasteiger partial charge in [-0.2, -0.15) is 0 Å². The molecule has 1 aromatic rings. The molecule has 5 heteroatoms. The Morgan fingerprint density at radius 3 is 2.68 bits per heavy atom. The van der Waals surface area contributed by atoms with Crippen molar-refractivity contribution in [3.05, 3.63) is 35.9 Å². The van der Waals surface area contributed by atoms with Gasteiger partial charge in [0.1, 0.15) is 0 Å². The summed E-state index contributed by atoms with van der Waals surface area (Å²) in [6.07, 6.45) is 0.600. The highest BCUT2D eigenvalue weighted by Crippen LogP contribution is 2.24. The molecule has 0 bridgehead atoms. The summed E-state index contributed by atoms with van der Waals surface area (Å²) in [6.45, 7) is 5.91. The standard InChI is InChI=1S/C17H26N2O3/c1-3-15-16(22-4-2)14(10-11-19(15)17(20)21)18-12-13-8-6-5-7-9-13/h5-9,14-16,18H,3-4,10-12H2,1-2H3,(H,20,21)/t14-,15?,16+/m1/s1. The maximum Gasteiger partial charge on any atom is 0.407 e. The van der Waals surface area contributed by atoms with Gasteiger partial charge >= 0.3 is 6.09 Å². The van der Waals surface area contributed by atoms with Crippen LogP contribution in [0.3, 0.4) is 0 Å². The number of ether oxygens (including phenoxy) is 1. The average Bonchev–Trinajstić information content (AvgIpc) is 2.54.